The molecule has 2 aliphatic carbocycles. The average molecular weight is 315 g/mol. The van der Waals surface area contributed by atoms with Gasteiger partial charge in [0.1, 0.15) is 0 Å². The van der Waals surface area contributed by atoms with Gasteiger partial charge in [-0.2, -0.15) is 11.8 Å². The quantitative estimate of drug-likeness (QED) is 0.643. The van der Waals surface area contributed by atoms with Gasteiger partial charge in [0.25, 0.3) is 0 Å². The van der Waals surface area contributed by atoms with Gasteiger partial charge in [-0.05, 0) is 11.8 Å². The molecule has 0 N–H and O–H groups in total. The molecule has 4 atom stereocenters. The third kappa shape index (κ3) is 3.51. The largest absolute Gasteiger partial charge is 0.158 e. The van der Waals surface area contributed by atoms with Gasteiger partial charge >= 0.3 is 0 Å². The summed E-state index contributed by atoms with van der Waals surface area (Å²) in [6.07, 6.45) is 16.7. The molecule has 0 nitrogen and oxygen atoms in total. The number of rotatable bonds is 4. The summed E-state index contributed by atoms with van der Waals surface area (Å²) in [6.45, 7) is 4.33. The van der Waals surface area contributed by atoms with Crippen LogP contribution in [0.1, 0.15) is 13.8 Å². The topological polar surface area (TPSA) is 0 Å². The van der Waals surface area contributed by atoms with Crippen LogP contribution in [0, 0.1) is 11.8 Å². The molecule has 3 heteroatoms. The average Bonchev–Trinajstić information content (AvgIpc) is 2.37. The van der Waals surface area contributed by atoms with Crippen LogP contribution in [-0.2, 0) is 0 Å². The van der Waals surface area contributed by atoms with Gasteiger partial charge in [0, 0.05) is 11.5 Å². The number of allylic oxidation sites excluding steroid dienone is 8. The summed E-state index contributed by atoms with van der Waals surface area (Å²) >= 11 is 15.2. The van der Waals surface area contributed by atoms with E-state index in [0.29, 0.717) is 11.8 Å². The van der Waals surface area contributed by atoms with E-state index < -0.39 is 0 Å². The Morgan fingerprint density at radius 2 is 1.26 bits per heavy atom. The van der Waals surface area contributed by atoms with Crippen LogP contribution in [0.15, 0.2) is 48.6 Å². The lowest BCUT2D eigenvalue weighted by Gasteiger charge is -2.33. The van der Waals surface area contributed by atoms with Crippen molar-refractivity contribution in [3.63, 3.8) is 0 Å². The zero-order valence-electron chi connectivity index (χ0n) is 11.4. The molecule has 0 fully saturated rings. The second kappa shape index (κ2) is 6.11. The summed E-state index contributed by atoms with van der Waals surface area (Å²) < 4.78 is 0. The van der Waals surface area contributed by atoms with E-state index in [0.717, 1.165) is 11.5 Å². The fourth-order valence-corrected chi connectivity index (χ4v) is 4.44. The molecule has 0 aromatic carbocycles. The predicted octanol–water partition coefficient (Wildman–Crippen LogP) is 5.20. The van der Waals surface area contributed by atoms with Crippen molar-refractivity contribution in [2.24, 2.45) is 11.8 Å². The highest BCUT2D eigenvalue weighted by Gasteiger charge is 2.35. The van der Waals surface area contributed by atoms with Crippen molar-refractivity contribution in [3.05, 3.63) is 48.6 Å². The van der Waals surface area contributed by atoms with Gasteiger partial charge in [-0.15, -0.1) is 23.2 Å². The summed E-state index contributed by atoms with van der Waals surface area (Å²) in [5, 5.41) is 0. The summed E-state index contributed by atoms with van der Waals surface area (Å²) in [4.78, 5) is -0.547. The first kappa shape index (κ1) is 15.3. The molecule has 0 heterocycles. The van der Waals surface area contributed by atoms with Gasteiger partial charge < -0.3 is 0 Å². The van der Waals surface area contributed by atoms with Crippen LogP contribution in [0.3, 0.4) is 0 Å². The molecule has 4 unspecified atom stereocenters. The van der Waals surface area contributed by atoms with E-state index in [-0.39, 0.29) is 9.75 Å². The van der Waals surface area contributed by atoms with Crippen LogP contribution < -0.4 is 0 Å². The molecule has 0 saturated heterocycles. The molecule has 0 aromatic rings. The first-order valence-corrected chi connectivity index (χ1v) is 8.55. The highest BCUT2D eigenvalue weighted by molar-refractivity contribution is 7.99. The molecule has 0 aromatic heterocycles. The van der Waals surface area contributed by atoms with Gasteiger partial charge in [0.2, 0.25) is 0 Å². The van der Waals surface area contributed by atoms with Crippen LogP contribution in [0.2, 0.25) is 0 Å². The van der Waals surface area contributed by atoms with E-state index in [1.54, 1.807) is 0 Å². The van der Waals surface area contributed by atoms with E-state index in [1.165, 1.54) is 0 Å². The molecular formula is C16H20Cl2S. The Labute approximate surface area is 130 Å². The van der Waals surface area contributed by atoms with Crippen LogP contribution in [0.5, 0.6) is 0 Å². The zero-order valence-corrected chi connectivity index (χ0v) is 13.7. The summed E-state index contributed by atoms with van der Waals surface area (Å²) in [5.41, 5.74) is 0. The van der Waals surface area contributed by atoms with Crippen LogP contribution in [0.25, 0.3) is 0 Å². The highest BCUT2D eigenvalue weighted by Crippen LogP contribution is 2.39. The van der Waals surface area contributed by atoms with E-state index in [2.05, 4.69) is 50.3 Å². The standard InChI is InChI=1S/C16H20Cl2S/c1-13-7-3-5-9-15(13,17)11-19-12-16(18)10-6-4-8-14(16)2/h3-10,13-14H,11-12H2,1-2H3. The van der Waals surface area contributed by atoms with Crippen molar-refractivity contribution >= 4 is 35.0 Å². The molecular weight excluding hydrogens is 295 g/mol. The third-order valence-corrected chi connectivity index (χ3v) is 6.82. The molecule has 2 aliphatic rings. The second-order valence-electron chi connectivity index (χ2n) is 5.41. The number of halogens is 2. The Morgan fingerprint density at radius 3 is 1.63 bits per heavy atom. The monoisotopic (exact) mass is 314 g/mol. The normalized spacial score (nSPS) is 40.8. The first-order valence-electron chi connectivity index (χ1n) is 6.64. The molecule has 0 amide bonds. The molecule has 0 radical (unpaired) electrons. The molecule has 0 saturated carbocycles. The van der Waals surface area contributed by atoms with E-state index in [4.69, 9.17) is 23.2 Å². The Kier molecular flexibility index (Phi) is 4.92. The number of hydrogen-bond donors (Lipinski definition) is 0. The van der Waals surface area contributed by atoms with Crippen molar-refractivity contribution in [1.29, 1.82) is 0 Å². The third-order valence-electron chi connectivity index (χ3n) is 3.93. The summed E-state index contributed by atoms with van der Waals surface area (Å²) in [5.74, 6) is 2.49. The van der Waals surface area contributed by atoms with Gasteiger partial charge in [0.15, 0.2) is 0 Å². The van der Waals surface area contributed by atoms with E-state index >= 15 is 0 Å². The van der Waals surface area contributed by atoms with E-state index in [1.807, 2.05) is 23.9 Å². The minimum atomic E-state index is -0.274. The van der Waals surface area contributed by atoms with Crippen LogP contribution >= 0.6 is 35.0 Å². The predicted molar refractivity (Wildman–Crippen MR) is 89.4 cm³/mol. The summed E-state index contributed by atoms with van der Waals surface area (Å²) in [6, 6.07) is 0. The second-order valence-corrected chi connectivity index (χ2v) is 7.80. The molecule has 2 rings (SSSR count). The molecule has 0 aliphatic heterocycles. The van der Waals surface area contributed by atoms with Crippen molar-refractivity contribution in [1.82, 2.24) is 0 Å². The Bertz CT molecular complexity index is 398. The molecule has 104 valence electrons. The maximum absolute atomic E-state index is 6.69. The Hall–Kier alpha value is -0.110. The minimum absolute atomic E-state index is 0.274. The SMILES string of the molecule is CC1C=CC=CC1(Cl)CSCC1(Cl)C=CC=CC1C. The van der Waals surface area contributed by atoms with Crippen molar-refractivity contribution in [3.8, 4) is 0 Å². The highest BCUT2D eigenvalue weighted by atomic mass is 35.5. The van der Waals surface area contributed by atoms with Crippen molar-refractivity contribution < 1.29 is 0 Å². The molecule has 19 heavy (non-hydrogen) atoms. The smallest absolute Gasteiger partial charge is 0.0778 e. The van der Waals surface area contributed by atoms with Gasteiger partial charge in [-0.1, -0.05) is 62.5 Å². The lowest BCUT2D eigenvalue weighted by atomic mass is 9.90. The fourth-order valence-electron chi connectivity index (χ4n) is 2.24. The minimum Gasteiger partial charge on any atom is -0.158 e. The van der Waals surface area contributed by atoms with Gasteiger partial charge in [-0.3, -0.25) is 0 Å². The Morgan fingerprint density at radius 1 is 0.842 bits per heavy atom. The number of thioether (sulfide) groups is 1. The van der Waals surface area contributed by atoms with Crippen molar-refractivity contribution in [2.45, 2.75) is 23.6 Å². The van der Waals surface area contributed by atoms with Crippen LogP contribution in [0.4, 0.5) is 0 Å². The van der Waals surface area contributed by atoms with Gasteiger partial charge in [0.05, 0.1) is 9.75 Å². The van der Waals surface area contributed by atoms with Crippen molar-refractivity contribution in [2.75, 3.05) is 11.5 Å². The first-order chi connectivity index (χ1) is 8.96. The fraction of sp³-hybridized carbons (Fsp3) is 0.500. The van der Waals surface area contributed by atoms with Gasteiger partial charge in [-0.25, -0.2) is 0 Å². The Balaban J connectivity index is 1.90. The number of alkyl halides is 2. The maximum Gasteiger partial charge on any atom is 0.0778 e. The molecule has 0 spiro atoms. The zero-order chi connectivity index (χ0) is 13.9. The molecule has 0 bridgehead atoms. The maximum atomic E-state index is 6.69. The van der Waals surface area contributed by atoms with Crippen LogP contribution in [-0.4, -0.2) is 21.3 Å². The lowest BCUT2D eigenvalue weighted by molar-refractivity contribution is 0.586. The summed E-state index contributed by atoms with van der Waals surface area (Å²) in [7, 11) is 0. The number of hydrogen-bond acceptors (Lipinski definition) is 1. The van der Waals surface area contributed by atoms with E-state index in [9.17, 15) is 0 Å². The lowest BCUT2D eigenvalue weighted by Crippen LogP contribution is -2.34.